The lowest BCUT2D eigenvalue weighted by Crippen LogP contribution is -2.58. The van der Waals surface area contributed by atoms with E-state index in [1.807, 2.05) is 30.3 Å². The van der Waals surface area contributed by atoms with Gasteiger partial charge in [-0.05, 0) is 25.0 Å². The van der Waals surface area contributed by atoms with Crippen molar-refractivity contribution in [2.24, 2.45) is 11.8 Å². The summed E-state index contributed by atoms with van der Waals surface area (Å²) >= 11 is 0. The molecule has 0 radical (unpaired) electrons. The summed E-state index contributed by atoms with van der Waals surface area (Å²) in [5, 5.41) is 9.02. The minimum Gasteiger partial charge on any atom is -0.494 e. The standard InChI is InChI=1S/C18H23NO5/c20-17(15-7-8-16(15)18(21)22)19-11-14(12-19)24-10-4-9-23-13-5-2-1-3-6-13/h1-3,5-6,14-16H,4,7-12H2,(H,21,22). The molecule has 2 aliphatic rings. The Labute approximate surface area is 141 Å². The third-order valence-electron chi connectivity index (χ3n) is 4.72. The lowest BCUT2D eigenvalue weighted by Gasteiger charge is -2.44. The molecule has 1 N–H and O–H groups in total. The van der Waals surface area contributed by atoms with Crippen LogP contribution in [0.15, 0.2) is 30.3 Å². The van der Waals surface area contributed by atoms with Crippen LogP contribution in [0.2, 0.25) is 0 Å². The average Bonchev–Trinajstić information content (AvgIpc) is 2.48. The molecule has 2 atom stereocenters. The zero-order valence-corrected chi connectivity index (χ0v) is 13.6. The Kier molecular flexibility index (Phi) is 5.35. The van der Waals surface area contributed by atoms with Gasteiger partial charge in [-0.15, -0.1) is 0 Å². The average molecular weight is 333 g/mol. The summed E-state index contributed by atoms with van der Waals surface area (Å²) in [6.07, 6.45) is 2.16. The molecule has 1 saturated heterocycles. The molecule has 0 aromatic heterocycles. The summed E-state index contributed by atoms with van der Waals surface area (Å²) in [4.78, 5) is 24.9. The quantitative estimate of drug-likeness (QED) is 0.734. The van der Waals surface area contributed by atoms with Crippen LogP contribution in [0.25, 0.3) is 0 Å². The molecule has 0 spiro atoms. The fourth-order valence-electron chi connectivity index (χ4n) is 3.06. The molecular formula is C18H23NO5. The van der Waals surface area contributed by atoms with Crippen LogP contribution in [-0.4, -0.2) is 54.3 Å². The van der Waals surface area contributed by atoms with Gasteiger partial charge in [-0.25, -0.2) is 0 Å². The first kappa shape index (κ1) is 16.8. The van der Waals surface area contributed by atoms with Crippen molar-refractivity contribution in [3.05, 3.63) is 30.3 Å². The van der Waals surface area contributed by atoms with E-state index in [0.717, 1.165) is 12.2 Å². The maximum Gasteiger partial charge on any atom is 0.307 e. The van der Waals surface area contributed by atoms with E-state index < -0.39 is 11.9 Å². The van der Waals surface area contributed by atoms with Crippen LogP contribution >= 0.6 is 0 Å². The van der Waals surface area contributed by atoms with Crippen molar-refractivity contribution in [2.75, 3.05) is 26.3 Å². The number of hydrogen-bond acceptors (Lipinski definition) is 4. The van der Waals surface area contributed by atoms with Crippen molar-refractivity contribution in [2.45, 2.75) is 25.4 Å². The summed E-state index contributed by atoms with van der Waals surface area (Å²) in [6, 6.07) is 9.65. The first-order valence-electron chi connectivity index (χ1n) is 8.46. The van der Waals surface area contributed by atoms with Crippen LogP contribution in [0.1, 0.15) is 19.3 Å². The Morgan fingerprint density at radius 3 is 2.42 bits per heavy atom. The van der Waals surface area contributed by atoms with E-state index >= 15 is 0 Å². The highest BCUT2D eigenvalue weighted by atomic mass is 16.5. The number of rotatable bonds is 8. The largest absolute Gasteiger partial charge is 0.494 e. The molecule has 1 heterocycles. The molecule has 6 heteroatoms. The van der Waals surface area contributed by atoms with Gasteiger partial charge >= 0.3 is 5.97 Å². The van der Waals surface area contributed by atoms with E-state index in [0.29, 0.717) is 39.1 Å². The van der Waals surface area contributed by atoms with Gasteiger partial charge in [0.2, 0.25) is 5.91 Å². The van der Waals surface area contributed by atoms with Gasteiger partial charge in [0, 0.05) is 19.5 Å². The maximum atomic E-state index is 12.2. The van der Waals surface area contributed by atoms with E-state index in [4.69, 9.17) is 14.6 Å². The number of carboxylic acids is 1. The second-order valence-corrected chi connectivity index (χ2v) is 6.38. The molecule has 1 amide bonds. The van der Waals surface area contributed by atoms with Gasteiger partial charge in [0.1, 0.15) is 5.75 Å². The first-order valence-corrected chi connectivity index (χ1v) is 8.46. The summed E-state index contributed by atoms with van der Waals surface area (Å²) in [6.45, 7) is 2.34. The van der Waals surface area contributed by atoms with E-state index in [2.05, 4.69) is 0 Å². The third-order valence-corrected chi connectivity index (χ3v) is 4.72. The van der Waals surface area contributed by atoms with Crippen molar-refractivity contribution in [3.8, 4) is 5.75 Å². The normalized spacial score (nSPS) is 23.2. The number of para-hydroxylation sites is 1. The zero-order chi connectivity index (χ0) is 16.9. The van der Waals surface area contributed by atoms with Crippen molar-refractivity contribution in [1.82, 2.24) is 4.90 Å². The molecule has 0 bridgehead atoms. The van der Waals surface area contributed by atoms with Crippen LogP contribution in [0.3, 0.4) is 0 Å². The van der Waals surface area contributed by atoms with Crippen molar-refractivity contribution < 1.29 is 24.2 Å². The molecule has 24 heavy (non-hydrogen) atoms. The van der Waals surface area contributed by atoms with Crippen LogP contribution in [0, 0.1) is 11.8 Å². The van der Waals surface area contributed by atoms with E-state index in [1.165, 1.54) is 0 Å². The molecule has 1 aliphatic carbocycles. The summed E-state index contributed by atoms with van der Waals surface area (Å²) in [7, 11) is 0. The van der Waals surface area contributed by atoms with Gasteiger partial charge in [0.25, 0.3) is 0 Å². The number of aliphatic carboxylic acids is 1. The monoisotopic (exact) mass is 333 g/mol. The smallest absolute Gasteiger partial charge is 0.307 e. The molecule has 3 rings (SSSR count). The number of carboxylic acid groups (broad SMARTS) is 1. The van der Waals surface area contributed by atoms with Crippen LogP contribution in [0.4, 0.5) is 0 Å². The Morgan fingerprint density at radius 2 is 1.79 bits per heavy atom. The van der Waals surface area contributed by atoms with Crippen molar-refractivity contribution in [3.63, 3.8) is 0 Å². The minimum atomic E-state index is -0.855. The Balaban J connectivity index is 1.26. The van der Waals surface area contributed by atoms with Gasteiger partial charge < -0.3 is 19.5 Å². The van der Waals surface area contributed by atoms with Gasteiger partial charge in [-0.2, -0.15) is 0 Å². The predicted molar refractivity (Wildman–Crippen MR) is 86.7 cm³/mol. The SMILES string of the molecule is O=C(O)C1CCC1C(=O)N1CC(OCCCOc2ccccc2)C1. The molecular weight excluding hydrogens is 310 g/mol. The van der Waals surface area contributed by atoms with Crippen molar-refractivity contribution in [1.29, 1.82) is 0 Å². The van der Waals surface area contributed by atoms with Crippen LogP contribution in [0.5, 0.6) is 5.75 Å². The Hall–Kier alpha value is -2.08. The third kappa shape index (κ3) is 3.87. The summed E-state index contributed by atoms with van der Waals surface area (Å²) in [5.41, 5.74) is 0. The lowest BCUT2D eigenvalue weighted by atomic mass is 9.72. The van der Waals surface area contributed by atoms with Crippen molar-refractivity contribution >= 4 is 11.9 Å². The molecule has 6 nitrogen and oxygen atoms in total. The number of benzene rings is 1. The highest BCUT2D eigenvalue weighted by Crippen LogP contribution is 2.36. The Bertz CT molecular complexity index is 570. The lowest BCUT2D eigenvalue weighted by molar-refractivity contribution is -0.163. The number of ether oxygens (including phenoxy) is 2. The van der Waals surface area contributed by atoms with Crippen LogP contribution < -0.4 is 4.74 Å². The highest BCUT2D eigenvalue weighted by Gasteiger charge is 2.45. The number of carbonyl (C=O) groups is 2. The molecule has 2 fully saturated rings. The molecule has 2 unspecified atom stereocenters. The summed E-state index contributed by atoms with van der Waals surface area (Å²) < 4.78 is 11.3. The molecule has 1 saturated carbocycles. The molecule has 1 aromatic rings. The minimum absolute atomic E-state index is 0.0269. The van der Waals surface area contributed by atoms with Gasteiger partial charge in [0.15, 0.2) is 0 Å². The molecule has 1 aromatic carbocycles. The number of hydrogen-bond donors (Lipinski definition) is 1. The molecule has 130 valence electrons. The first-order chi connectivity index (χ1) is 11.6. The second kappa shape index (κ2) is 7.66. The van der Waals surface area contributed by atoms with Gasteiger partial charge in [-0.3, -0.25) is 9.59 Å². The predicted octanol–water partition coefficient (Wildman–Crippen LogP) is 1.79. The van der Waals surface area contributed by atoms with Gasteiger partial charge in [0.05, 0.1) is 31.2 Å². The number of carbonyl (C=O) groups excluding carboxylic acids is 1. The number of likely N-dealkylation sites (tertiary alicyclic amines) is 1. The fraction of sp³-hybridized carbons (Fsp3) is 0.556. The van der Waals surface area contributed by atoms with E-state index in [-0.39, 0.29) is 17.9 Å². The highest BCUT2D eigenvalue weighted by molar-refractivity contribution is 5.86. The van der Waals surface area contributed by atoms with Gasteiger partial charge in [-0.1, -0.05) is 18.2 Å². The van der Waals surface area contributed by atoms with E-state index in [1.54, 1.807) is 4.90 Å². The zero-order valence-electron chi connectivity index (χ0n) is 13.6. The molecule has 1 aliphatic heterocycles. The maximum absolute atomic E-state index is 12.2. The van der Waals surface area contributed by atoms with E-state index in [9.17, 15) is 9.59 Å². The Morgan fingerprint density at radius 1 is 1.08 bits per heavy atom. The second-order valence-electron chi connectivity index (χ2n) is 6.38. The summed E-state index contributed by atoms with van der Waals surface area (Å²) in [5.74, 6) is -0.853. The topological polar surface area (TPSA) is 76.1 Å². The fourth-order valence-corrected chi connectivity index (χ4v) is 3.06. The number of nitrogens with zero attached hydrogens (tertiary/aromatic N) is 1. The number of amides is 1. The van der Waals surface area contributed by atoms with Crippen LogP contribution in [-0.2, 0) is 14.3 Å².